The van der Waals surface area contributed by atoms with Crippen LogP contribution in [0.25, 0.3) is 0 Å². The van der Waals surface area contributed by atoms with E-state index in [0.717, 1.165) is 0 Å². The summed E-state index contributed by atoms with van der Waals surface area (Å²) in [6.07, 6.45) is -1.94. The molecule has 0 N–H and O–H groups in total. The average molecular weight is 404 g/mol. The van der Waals surface area contributed by atoms with Crippen molar-refractivity contribution in [1.29, 1.82) is 0 Å². The molecule has 1 saturated carbocycles. The monoisotopic (exact) mass is 404 g/mol. The van der Waals surface area contributed by atoms with E-state index >= 15 is 0 Å². The van der Waals surface area contributed by atoms with Crippen molar-refractivity contribution in [2.45, 2.75) is 51.4 Å². The largest absolute Gasteiger partial charge is 1.00 e. The molecule has 26 heavy (non-hydrogen) atoms. The molecule has 0 aliphatic heterocycles. The summed E-state index contributed by atoms with van der Waals surface area (Å²) in [4.78, 5) is 44.3. The second-order valence-corrected chi connectivity index (χ2v) is 5.96. The molecule has 0 unspecified atom stereocenters. The number of carbonyl (C=O) groups excluding carboxylic acids is 4. The number of aliphatic carboxylic acids is 4. The van der Waals surface area contributed by atoms with Crippen LogP contribution in [-0.4, -0.2) is 23.9 Å². The number of carboxylic acids is 4. The summed E-state index contributed by atoms with van der Waals surface area (Å²) in [5.74, 6) is -6.26. The predicted octanol–water partition coefficient (Wildman–Crippen LogP) is -15.9. The van der Waals surface area contributed by atoms with Crippen LogP contribution < -0.4 is 139 Å². The standard InChI is InChI=1S/C14H20O8.4Na/c15-9(16)5-13(6-10(17)18)3-1-2-4-14(13,7-11(19)20)8-12(21)22;;;;/h1-8H2,(H,15,16)(H,17,18)(H,19,20)(H,21,22);;;;/q;4*+1/p-4. The van der Waals surface area contributed by atoms with Gasteiger partial charge in [0.25, 0.3) is 0 Å². The Bertz CT molecular complexity index is 421. The first kappa shape index (κ1) is 35.3. The number of hydrogen-bond acceptors (Lipinski definition) is 8. The van der Waals surface area contributed by atoms with Crippen molar-refractivity contribution in [3.63, 3.8) is 0 Å². The molecule has 124 valence electrons. The number of rotatable bonds is 8. The molecule has 0 radical (unpaired) electrons. The molecule has 1 aliphatic rings. The Kier molecular flexibility index (Phi) is 21.3. The summed E-state index contributed by atoms with van der Waals surface area (Å²) in [6, 6.07) is 0. The van der Waals surface area contributed by atoms with Gasteiger partial charge < -0.3 is 39.6 Å². The van der Waals surface area contributed by atoms with Crippen LogP contribution in [-0.2, 0) is 19.2 Å². The van der Waals surface area contributed by atoms with E-state index in [9.17, 15) is 39.6 Å². The zero-order valence-electron chi connectivity index (χ0n) is 15.9. The third-order valence-corrected chi connectivity index (χ3v) is 4.62. The first-order chi connectivity index (χ1) is 10.1. The molecule has 0 amide bonds. The van der Waals surface area contributed by atoms with Gasteiger partial charge in [-0.3, -0.25) is 0 Å². The van der Waals surface area contributed by atoms with E-state index in [1.165, 1.54) is 0 Å². The maximum absolute atomic E-state index is 11.1. The van der Waals surface area contributed by atoms with Crippen LogP contribution in [0.4, 0.5) is 0 Å². The summed E-state index contributed by atoms with van der Waals surface area (Å²) in [7, 11) is 0. The molecule has 8 nitrogen and oxygen atoms in total. The Morgan fingerprint density at radius 1 is 0.538 bits per heavy atom. The number of carboxylic acid groups (broad SMARTS) is 4. The molecule has 0 saturated heterocycles. The number of carbonyl (C=O) groups is 4. The Morgan fingerprint density at radius 3 is 0.885 bits per heavy atom. The predicted molar refractivity (Wildman–Crippen MR) is 61.8 cm³/mol. The zero-order chi connectivity index (χ0) is 17.0. The van der Waals surface area contributed by atoms with E-state index in [0.29, 0.717) is 12.8 Å². The van der Waals surface area contributed by atoms with Crippen LogP contribution in [0.15, 0.2) is 0 Å². The third kappa shape index (κ3) is 10.1. The molecule has 0 aromatic carbocycles. The minimum absolute atomic E-state index is 0. The molecule has 1 rings (SSSR count). The van der Waals surface area contributed by atoms with Crippen LogP contribution in [0, 0.1) is 10.8 Å². The van der Waals surface area contributed by atoms with Gasteiger partial charge in [0.15, 0.2) is 0 Å². The summed E-state index contributed by atoms with van der Waals surface area (Å²) in [5, 5.41) is 44.3. The first-order valence-electron chi connectivity index (χ1n) is 6.92. The summed E-state index contributed by atoms with van der Waals surface area (Å²) < 4.78 is 0. The third-order valence-electron chi connectivity index (χ3n) is 4.62. The van der Waals surface area contributed by atoms with E-state index in [1.807, 2.05) is 0 Å². The molecular weight excluding hydrogens is 388 g/mol. The van der Waals surface area contributed by atoms with Crippen molar-refractivity contribution < 1.29 is 158 Å². The van der Waals surface area contributed by atoms with Gasteiger partial charge in [-0.1, -0.05) is 12.8 Å². The van der Waals surface area contributed by atoms with Crippen LogP contribution >= 0.6 is 0 Å². The van der Waals surface area contributed by atoms with Gasteiger partial charge in [-0.2, -0.15) is 0 Å². The molecule has 0 spiro atoms. The van der Waals surface area contributed by atoms with Gasteiger partial charge in [0.05, 0.1) is 0 Å². The van der Waals surface area contributed by atoms with Crippen LogP contribution in [0.1, 0.15) is 51.4 Å². The smallest absolute Gasteiger partial charge is 0.550 e. The van der Waals surface area contributed by atoms with Crippen molar-refractivity contribution in [2.24, 2.45) is 10.8 Å². The molecule has 0 aromatic rings. The van der Waals surface area contributed by atoms with Crippen molar-refractivity contribution in [1.82, 2.24) is 0 Å². The van der Waals surface area contributed by atoms with Gasteiger partial charge in [0.1, 0.15) is 0 Å². The van der Waals surface area contributed by atoms with Gasteiger partial charge in [-0.05, 0) is 49.4 Å². The Labute approximate surface area is 240 Å². The van der Waals surface area contributed by atoms with Gasteiger partial charge in [0, 0.05) is 23.9 Å². The summed E-state index contributed by atoms with van der Waals surface area (Å²) in [6.45, 7) is 0. The van der Waals surface area contributed by atoms with E-state index in [4.69, 9.17) is 0 Å². The zero-order valence-corrected chi connectivity index (χ0v) is 23.9. The molecule has 0 heterocycles. The fourth-order valence-electron chi connectivity index (χ4n) is 3.79. The minimum Gasteiger partial charge on any atom is -0.550 e. The maximum Gasteiger partial charge on any atom is 1.00 e. The molecule has 0 bridgehead atoms. The van der Waals surface area contributed by atoms with E-state index in [2.05, 4.69) is 0 Å². The molecular formula is C14H16Na4O8. The van der Waals surface area contributed by atoms with E-state index in [-0.39, 0.29) is 131 Å². The number of hydrogen-bond donors (Lipinski definition) is 0. The molecule has 0 atom stereocenters. The topological polar surface area (TPSA) is 161 Å². The van der Waals surface area contributed by atoms with Gasteiger partial charge in [-0.25, -0.2) is 0 Å². The van der Waals surface area contributed by atoms with Crippen LogP contribution in [0.5, 0.6) is 0 Å². The quantitative estimate of drug-likeness (QED) is 0.360. The SMILES string of the molecule is O=C([O-])CC1(CC(=O)[O-])CCCCC1(CC(=O)[O-])CC(=O)[O-].[Na+].[Na+].[Na+].[Na+]. The van der Waals surface area contributed by atoms with Gasteiger partial charge in [0.2, 0.25) is 0 Å². The van der Waals surface area contributed by atoms with Crippen molar-refractivity contribution >= 4 is 23.9 Å². The second-order valence-electron chi connectivity index (χ2n) is 5.96. The van der Waals surface area contributed by atoms with E-state index < -0.39 is 60.4 Å². The molecule has 0 aromatic heterocycles. The van der Waals surface area contributed by atoms with E-state index in [1.54, 1.807) is 0 Å². The van der Waals surface area contributed by atoms with Crippen molar-refractivity contribution in [3.05, 3.63) is 0 Å². The molecule has 12 heteroatoms. The van der Waals surface area contributed by atoms with Crippen molar-refractivity contribution in [2.75, 3.05) is 0 Å². The maximum atomic E-state index is 11.1. The first-order valence-corrected chi connectivity index (χ1v) is 6.92. The minimum atomic E-state index is -1.57. The van der Waals surface area contributed by atoms with Crippen LogP contribution in [0.3, 0.4) is 0 Å². The summed E-state index contributed by atoms with van der Waals surface area (Å²) >= 11 is 0. The van der Waals surface area contributed by atoms with Gasteiger partial charge in [-0.15, -0.1) is 0 Å². The average Bonchev–Trinajstić information content (AvgIpc) is 2.29. The van der Waals surface area contributed by atoms with Crippen LogP contribution in [0.2, 0.25) is 0 Å². The fourth-order valence-corrected chi connectivity index (χ4v) is 3.79. The fraction of sp³-hybridized carbons (Fsp3) is 0.714. The molecule has 1 aliphatic carbocycles. The normalized spacial score (nSPS) is 16.3. The Balaban J connectivity index is -0.000000605. The Hall–Kier alpha value is 1.88. The molecule has 1 fully saturated rings. The van der Waals surface area contributed by atoms with Gasteiger partial charge >= 0.3 is 118 Å². The van der Waals surface area contributed by atoms with Crippen molar-refractivity contribution in [3.8, 4) is 0 Å². The Morgan fingerprint density at radius 2 is 0.731 bits per heavy atom. The summed E-state index contributed by atoms with van der Waals surface area (Å²) in [5.41, 5.74) is -3.13. The second kappa shape index (κ2) is 15.7.